The minimum atomic E-state index is -0.209. The Hall–Kier alpha value is -2.73. The standard InChI is InChI=1S/C15H12ClN5O/c16-12-8-6-11(7-9-12)15(22)17-10-14-18-19-20-21(14)13-4-2-1-3-5-13/h1-9H,10H2,(H,17,22). The fourth-order valence-corrected chi connectivity index (χ4v) is 2.07. The van der Waals surface area contributed by atoms with E-state index in [1.54, 1.807) is 28.9 Å². The van der Waals surface area contributed by atoms with Crippen LogP contribution in [0.25, 0.3) is 5.69 Å². The van der Waals surface area contributed by atoms with Gasteiger partial charge in [0.25, 0.3) is 5.91 Å². The number of nitrogens with zero attached hydrogens (tertiary/aromatic N) is 4. The minimum absolute atomic E-state index is 0.209. The van der Waals surface area contributed by atoms with Crippen molar-refractivity contribution in [1.29, 1.82) is 0 Å². The summed E-state index contributed by atoms with van der Waals surface area (Å²) >= 11 is 5.80. The van der Waals surface area contributed by atoms with E-state index in [1.807, 2.05) is 30.3 Å². The number of halogens is 1. The van der Waals surface area contributed by atoms with Gasteiger partial charge in [0.2, 0.25) is 0 Å². The van der Waals surface area contributed by atoms with Gasteiger partial charge in [-0.3, -0.25) is 4.79 Å². The minimum Gasteiger partial charge on any atom is -0.345 e. The first kappa shape index (κ1) is 14.2. The van der Waals surface area contributed by atoms with E-state index in [9.17, 15) is 4.79 Å². The van der Waals surface area contributed by atoms with Crippen LogP contribution in [0, 0.1) is 0 Å². The molecular formula is C15H12ClN5O. The molecule has 7 heteroatoms. The second kappa shape index (κ2) is 6.36. The SMILES string of the molecule is O=C(NCc1nnnn1-c1ccccc1)c1ccc(Cl)cc1. The number of rotatable bonds is 4. The van der Waals surface area contributed by atoms with Gasteiger partial charge in [-0.1, -0.05) is 29.8 Å². The Morgan fingerprint density at radius 2 is 1.82 bits per heavy atom. The molecule has 2 aromatic carbocycles. The number of tetrazole rings is 1. The monoisotopic (exact) mass is 313 g/mol. The van der Waals surface area contributed by atoms with E-state index in [1.165, 1.54) is 0 Å². The zero-order valence-electron chi connectivity index (χ0n) is 11.5. The third-order valence-corrected chi connectivity index (χ3v) is 3.30. The number of aromatic nitrogens is 4. The number of amides is 1. The van der Waals surface area contributed by atoms with Gasteiger partial charge in [-0.15, -0.1) is 5.10 Å². The largest absolute Gasteiger partial charge is 0.345 e. The smallest absolute Gasteiger partial charge is 0.251 e. The Kier molecular flexibility index (Phi) is 4.11. The predicted molar refractivity (Wildman–Crippen MR) is 81.8 cm³/mol. The normalized spacial score (nSPS) is 10.4. The Balaban J connectivity index is 1.71. The van der Waals surface area contributed by atoms with Crippen LogP contribution in [0.4, 0.5) is 0 Å². The predicted octanol–water partition coefficient (Wildman–Crippen LogP) is 2.25. The zero-order valence-corrected chi connectivity index (χ0v) is 12.2. The van der Waals surface area contributed by atoms with Gasteiger partial charge in [0.05, 0.1) is 12.2 Å². The van der Waals surface area contributed by atoms with Gasteiger partial charge < -0.3 is 5.32 Å². The third kappa shape index (κ3) is 3.12. The van der Waals surface area contributed by atoms with Crippen LogP contribution in [-0.2, 0) is 6.54 Å². The molecule has 0 aliphatic rings. The Bertz CT molecular complexity index is 770. The summed E-state index contributed by atoms with van der Waals surface area (Å²) in [6.45, 7) is 0.226. The zero-order chi connectivity index (χ0) is 15.4. The highest BCUT2D eigenvalue weighted by atomic mass is 35.5. The lowest BCUT2D eigenvalue weighted by molar-refractivity contribution is 0.0949. The highest BCUT2D eigenvalue weighted by molar-refractivity contribution is 6.30. The van der Waals surface area contributed by atoms with Crippen molar-refractivity contribution in [2.75, 3.05) is 0 Å². The average molecular weight is 314 g/mol. The fourth-order valence-electron chi connectivity index (χ4n) is 1.95. The molecule has 1 heterocycles. The molecule has 1 aromatic heterocycles. The molecule has 0 aliphatic carbocycles. The first-order valence-corrected chi connectivity index (χ1v) is 6.98. The second-order valence-corrected chi connectivity index (χ2v) is 4.97. The molecule has 0 saturated carbocycles. The van der Waals surface area contributed by atoms with Crippen LogP contribution in [0.15, 0.2) is 54.6 Å². The summed E-state index contributed by atoms with van der Waals surface area (Å²) in [6.07, 6.45) is 0. The van der Waals surface area contributed by atoms with Crippen molar-refractivity contribution in [2.45, 2.75) is 6.54 Å². The van der Waals surface area contributed by atoms with E-state index >= 15 is 0 Å². The third-order valence-electron chi connectivity index (χ3n) is 3.05. The van der Waals surface area contributed by atoms with Crippen molar-refractivity contribution in [1.82, 2.24) is 25.5 Å². The van der Waals surface area contributed by atoms with Gasteiger partial charge in [-0.05, 0) is 46.8 Å². The first-order valence-electron chi connectivity index (χ1n) is 6.60. The first-order chi connectivity index (χ1) is 10.7. The lowest BCUT2D eigenvalue weighted by Gasteiger charge is -2.06. The maximum absolute atomic E-state index is 12.1. The summed E-state index contributed by atoms with van der Waals surface area (Å²) in [4.78, 5) is 12.1. The van der Waals surface area contributed by atoms with Gasteiger partial charge in [0.1, 0.15) is 0 Å². The van der Waals surface area contributed by atoms with E-state index in [-0.39, 0.29) is 12.5 Å². The molecule has 0 bridgehead atoms. The van der Waals surface area contributed by atoms with E-state index in [0.29, 0.717) is 16.4 Å². The van der Waals surface area contributed by atoms with Crippen molar-refractivity contribution in [2.24, 2.45) is 0 Å². The average Bonchev–Trinajstić information content (AvgIpc) is 3.02. The van der Waals surface area contributed by atoms with E-state index < -0.39 is 0 Å². The van der Waals surface area contributed by atoms with Crippen molar-refractivity contribution >= 4 is 17.5 Å². The summed E-state index contributed by atoms with van der Waals surface area (Å²) < 4.78 is 1.59. The number of nitrogens with one attached hydrogen (secondary N) is 1. The van der Waals surface area contributed by atoms with Gasteiger partial charge >= 0.3 is 0 Å². The van der Waals surface area contributed by atoms with E-state index in [2.05, 4.69) is 20.8 Å². The van der Waals surface area contributed by atoms with Crippen LogP contribution in [-0.4, -0.2) is 26.1 Å². The quantitative estimate of drug-likeness (QED) is 0.802. The number of carbonyl (C=O) groups excluding carboxylic acids is 1. The van der Waals surface area contributed by atoms with Crippen LogP contribution in [0.1, 0.15) is 16.2 Å². The maximum Gasteiger partial charge on any atom is 0.251 e. The molecule has 0 fully saturated rings. The molecule has 0 atom stereocenters. The fraction of sp³-hybridized carbons (Fsp3) is 0.0667. The van der Waals surface area contributed by atoms with Crippen LogP contribution in [0.5, 0.6) is 0 Å². The molecule has 1 N–H and O–H groups in total. The van der Waals surface area contributed by atoms with E-state index in [4.69, 9.17) is 11.6 Å². The van der Waals surface area contributed by atoms with Crippen molar-refractivity contribution in [3.63, 3.8) is 0 Å². The number of hydrogen-bond acceptors (Lipinski definition) is 4. The Morgan fingerprint density at radius 3 is 2.55 bits per heavy atom. The highest BCUT2D eigenvalue weighted by Gasteiger charge is 2.10. The van der Waals surface area contributed by atoms with Gasteiger partial charge in [0, 0.05) is 10.6 Å². The number of para-hydroxylation sites is 1. The topological polar surface area (TPSA) is 72.7 Å². The molecule has 0 unspecified atom stereocenters. The van der Waals surface area contributed by atoms with Crippen LogP contribution < -0.4 is 5.32 Å². The molecule has 0 saturated heterocycles. The summed E-state index contributed by atoms with van der Waals surface area (Å²) in [5.74, 6) is 0.341. The van der Waals surface area contributed by atoms with Crippen LogP contribution >= 0.6 is 11.6 Å². The molecule has 0 radical (unpaired) electrons. The lowest BCUT2D eigenvalue weighted by atomic mass is 10.2. The lowest BCUT2D eigenvalue weighted by Crippen LogP contribution is -2.24. The van der Waals surface area contributed by atoms with Crippen molar-refractivity contribution in [3.05, 3.63) is 71.0 Å². The molecule has 0 spiro atoms. The van der Waals surface area contributed by atoms with Gasteiger partial charge in [-0.2, -0.15) is 4.68 Å². The summed E-state index contributed by atoms with van der Waals surface area (Å²) in [5, 5.41) is 14.9. The highest BCUT2D eigenvalue weighted by Crippen LogP contribution is 2.10. The van der Waals surface area contributed by atoms with Crippen LogP contribution in [0.3, 0.4) is 0 Å². The van der Waals surface area contributed by atoms with Crippen molar-refractivity contribution in [3.8, 4) is 5.69 Å². The Labute approximate surface area is 131 Å². The van der Waals surface area contributed by atoms with Gasteiger partial charge in [0.15, 0.2) is 5.82 Å². The molecular weight excluding hydrogens is 302 g/mol. The number of hydrogen-bond donors (Lipinski definition) is 1. The summed E-state index contributed by atoms with van der Waals surface area (Å²) in [6, 6.07) is 16.2. The summed E-state index contributed by atoms with van der Waals surface area (Å²) in [7, 11) is 0. The van der Waals surface area contributed by atoms with Crippen LogP contribution in [0.2, 0.25) is 5.02 Å². The molecule has 0 aliphatic heterocycles. The molecule has 6 nitrogen and oxygen atoms in total. The molecule has 22 heavy (non-hydrogen) atoms. The maximum atomic E-state index is 12.1. The molecule has 3 aromatic rings. The number of benzene rings is 2. The van der Waals surface area contributed by atoms with E-state index in [0.717, 1.165) is 5.69 Å². The Morgan fingerprint density at radius 1 is 1.09 bits per heavy atom. The second-order valence-electron chi connectivity index (χ2n) is 4.53. The summed E-state index contributed by atoms with van der Waals surface area (Å²) in [5.41, 5.74) is 1.37. The molecule has 1 amide bonds. The van der Waals surface area contributed by atoms with Gasteiger partial charge in [-0.25, -0.2) is 0 Å². The molecule has 110 valence electrons. The van der Waals surface area contributed by atoms with Crippen molar-refractivity contribution < 1.29 is 4.79 Å². The number of carbonyl (C=O) groups is 1. The molecule has 3 rings (SSSR count).